The lowest BCUT2D eigenvalue weighted by Crippen LogP contribution is -2.52. The molecule has 2 saturated heterocycles. The van der Waals surface area contributed by atoms with Gasteiger partial charge in [0.2, 0.25) is 5.91 Å². The van der Waals surface area contributed by atoms with Crippen molar-refractivity contribution in [2.24, 2.45) is 5.92 Å². The molecule has 0 spiro atoms. The molecule has 138 valence electrons. The molecule has 8 nitrogen and oxygen atoms in total. The number of aromatic nitrogens is 1. The van der Waals surface area contributed by atoms with E-state index in [2.05, 4.69) is 10.3 Å². The minimum atomic E-state index is -3.52. The van der Waals surface area contributed by atoms with Crippen molar-refractivity contribution in [1.82, 2.24) is 18.9 Å². The van der Waals surface area contributed by atoms with Gasteiger partial charge in [0.15, 0.2) is 0 Å². The predicted octanol–water partition coefficient (Wildman–Crippen LogP) is -0.0132. The van der Waals surface area contributed by atoms with Crippen molar-refractivity contribution in [3.05, 3.63) is 30.1 Å². The Hall–Kier alpha value is -1.55. The van der Waals surface area contributed by atoms with Crippen LogP contribution in [0.2, 0.25) is 0 Å². The summed E-state index contributed by atoms with van der Waals surface area (Å²) in [6.07, 6.45) is 3.06. The summed E-state index contributed by atoms with van der Waals surface area (Å²) >= 11 is 0. The van der Waals surface area contributed by atoms with Crippen LogP contribution in [-0.4, -0.2) is 67.3 Å². The second-order valence-corrected chi connectivity index (χ2v) is 8.18. The first kappa shape index (κ1) is 18.2. The number of nitrogens with zero attached hydrogens (tertiary/aromatic N) is 3. The van der Waals surface area contributed by atoms with Gasteiger partial charge in [-0.3, -0.25) is 9.78 Å². The van der Waals surface area contributed by atoms with Crippen LogP contribution in [0.5, 0.6) is 0 Å². The summed E-state index contributed by atoms with van der Waals surface area (Å²) < 4.78 is 33.6. The summed E-state index contributed by atoms with van der Waals surface area (Å²) in [6, 6.07) is 5.53. The third-order valence-corrected chi connectivity index (χ3v) is 6.55. The van der Waals surface area contributed by atoms with Gasteiger partial charge in [-0.25, -0.2) is 0 Å². The van der Waals surface area contributed by atoms with Crippen LogP contribution in [0.1, 0.15) is 18.5 Å². The van der Waals surface area contributed by atoms with Crippen molar-refractivity contribution in [3.63, 3.8) is 0 Å². The van der Waals surface area contributed by atoms with E-state index in [4.69, 9.17) is 4.74 Å². The highest BCUT2D eigenvalue weighted by atomic mass is 32.2. The van der Waals surface area contributed by atoms with Crippen LogP contribution in [0.3, 0.4) is 0 Å². The topological polar surface area (TPSA) is 91.8 Å². The zero-order valence-corrected chi connectivity index (χ0v) is 15.0. The second kappa shape index (κ2) is 8.22. The van der Waals surface area contributed by atoms with Crippen molar-refractivity contribution < 1.29 is 17.9 Å². The first-order valence-corrected chi connectivity index (χ1v) is 9.97. The largest absolute Gasteiger partial charge is 0.379 e. The first-order valence-electron chi connectivity index (χ1n) is 8.58. The maximum absolute atomic E-state index is 12.7. The molecule has 2 aliphatic rings. The van der Waals surface area contributed by atoms with Gasteiger partial charge in [0.25, 0.3) is 10.2 Å². The van der Waals surface area contributed by atoms with Crippen LogP contribution < -0.4 is 5.32 Å². The van der Waals surface area contributed by atoms with Gasteiger partial charge in [-0.15, -0.1) is 0 Å². The van der Waals surface area contributed by atoms with Gasteiger partial charge in [-0.05, 0) is 25.0 Å². The average Bonchev–Trinajstić information content (AvgIpc) is 2.67. The average molecular weight is 368 g/mol. The van der Waals surface area contributed by atoms with Crippen molar-refractivity contribution in [3.8, 4) is 0 Å². The molecule has 1 amide bonds. The Morgan fingerprint density at radius 3 is 2.76 bits per heavy atom. The standard InChI is InChI=1S/C16H24N4O4S/c21-16(18-12-15-5-1-2-6-17-15)14-4-3-7-20(13-14)25(22,23)19-8-10-24-11-9-19/h1-2,5-6,14H,3-4,7-13H2,(H,18,21). The molecule has 1 atom stereocenters. The molecule has 1 aromatic rings. The number of pyridine rings is 1. The number of morpholine rings is 1. The molecule has 1 aromatic heterocycles. The van der Waals surface area contributed by atoms with Gasteiger partial charge in [0, 0.05) is 32.4 Å². The summed E-state index contributed by atoms with van der Waals surface area (Å²) in [6.45, 7) is 2.62. The van der Waals surface area contributed by atoms with E-state index in [1.54, 1.807) is 6.20 Å². The smallest absolute Gasteiger partial charge is 0.282 e. The number of hydrogen-bond donors (Lipinski definition) is 1. The highest BCUT2D eigenvalue weighted by Gasteiger charge is 2.36. The Balaban J connectivity index is 1.57. The fourth-order valence-corrected chi connectivity index (χ4v) is 4.80. The van der Waals surface area contributed by atoms with E-state index in [0.29, 0.717) is 52.2 Å². The van der Waals surface area contributed by atoms with E-state index in [0.717, 1.165) is 5.69 Å². The highest BCUT2D eigenvalue weighted by molar-refractivity contribution is 7.86. The van der Waals surface area contributed by atoms with Crippen LogP contribution in [0.4, 0.5) is 0 Å². The SMILES string of the molecule is O=C(NCc1ccccn1)C1CCCN(S(=O)(=O)N2CCOCC2)C1. The Morgan fingerprint density at radius 2 is 2.04 bits per heavy atom. The number of rotatable bonds is 5. The van der Waals surface area contributed by atoms with Crippen molar-refractivity contribution in [2.45, 2.75) is 19.4 Å². The van der Waals surface area contributed by atoms with Gasteiger partial charge >= 0.3 is 0 Å². The van der Waals surface area contributed by atoms with E-state index >= 15 is 0 Å². The Bertz CT molecular complexity index is 677. The Kier molecular flexibility index (Phi) is 6.00. The lowest BCUT2D eigenvalue weighted by Gasteiger charge is -2.36. The molecule has 2 fully saturated rings. The van der Waals surface area contributed by atoms with Crippen LogP contribution >= 0.6 is 0 Å². The van der Waals surface area contributed by atoms with Crippen LogP contribution in [0, 0.1) is 5.92 Å². The van der Waals surface area contributed by atoms with Gasteiger partial charge in [0.05, 0.1) is 31.4 Å². The van der Waals surface area contributed by atoms with E-state index < -0.39 is 10.2 Å². The number of nitrogens with one attached hydrogen (secondary N) is 1. The van der Waals surface area contributed by atoms with Gasteiger partial charge in [0.1, 0.15) is 0 Å². The van der Waals surface area contributed by atoms with Crippen LogP contribution in [-0.2, 0) is 26.3 Å². The Labute approximate surface area is 148 Å². The molecule has 2 aliphatic heterocycles. The van der Waals surface area contributed by atoms with Gasteiger partial charge in [-0.2, -0.15) is 17.0 Å². The minimum absolute atomic E-state index is 0.118. The third-order valence-electron chi connectivity index (χ3n) is 4.55. The number of carbonyl (C=O) groups excluding carboxylic acids is 1. The molecule has 0 aromatic carbocycles. The molecule has 0 aliphatic carbocycles. The number of piperidine rings is 1. The molecule has 0 saturated carbocycles. The maximum Gasteiger partial charge on any atom is 0.282 e. The molecule has 25 heavy (non-hydrogen) atoms. The Morgan fingerprint density at radius 1 is 1.24 bits per heavy atom. The number of amides is 1. The summed E-state index contributed by atoms with van der Waals surface area (Å²) in [5, 5.41) is 2.86. The highest BCUT2D eigenvalue weighted by Crippen LogP contribution is 2.22. The van der Waals surface area contributed by atoms with Gasteiger partial charge < -0.3 is 10.1 Å². The number of ether oxygens (including phenoxy) is 1. The van der Waals surface area contributed by atoms with Gasteiger partial charge in [-0.1, -0.05) is 6.07 Å². The number of carbonyl (C=O) groups is 1. The summed E-state index contributed by atoms with van der Waals surface area (Å²) in [5.74, 6) is -0.444. The zero-order valence-electron chi connectivity index (χ0n) is 14.1. The number of hydrogen-bond acceptors (Lipinski definition) is 5. The lowest BCUT2D eigenvalue weighted by molar-refractivity contribution is -0.126. The van der Waals surface area contributed by atoms with E-state index in [1.807, 2.05) is 18.2 Å². The second-order valence-electron chi connectivity index (χ2n) is 6.26. The van der Waals surface area contributed by atoms with E-state index in [-0.39, 0.29) is 18.4 Å². The van der Waals surface area contributed by atoms with Crippen LogP contribution in [0.15, 0.2) is 24.4 Å². The molecule has 1 N–H and O–H groups in total. The fraction of sp³-hybridized carbons (Fsp3) is 0.625. The van der Waals surface area contributed by atoms with E-state index in [1.165, 1.54) is 8.61 Å². The summed E-state index contributed by atoms with van der Waals surface area (Å²) in [5.41, 5.74) is 0.782. The molecule has 1 unspecified atom stereocenters. The normalized spacial score (nSPS) is 23.3. The fourth-order valence-electron chi connectivity index (χ4n) is 3.13. The maximum atomic E-state index is 12.7. The summed E-state index contributed by atoms with van der Waals surface area (Å²) in [7, 11) is -3.52. The molecular weight excluding hydrogens is 344 g/mol. The first-order chi connectivity index (χ1) is 12.1. The van der Waals surface area contributed by atoms with Crippen LogP contribution in [0.25, 0.3) is 0 Å². The minimum Gasteiger partial charge on any atom is -0.379 e. The summed E-state index contributed by atoms with van der Waals surface area (Å²) in [4.78, 5) is 16.6. The lowest BCUT2D eigenvalue weighted by atomic mass is 9.99. The predicted molar refractivity (Wildman–Crippen MR) is 91.7 cm³/mol. The molecular formula is C16H24N4O4S. The quantitative estimate of drug-likeness (QED) is 0.789. The van der Waals surface area contributed by atoms with Crippen molar-refractivity contribution in [1.29, 1.82) is 0 Å². The van der Waals surface area contributed by atoms with Crippen molar-refractivity contribution >= 4 is 16.1 Å². The van der Waals surface area contributed by atoms with Crippen molar-refractivity contribution in [2.75, 3.05) is 39.4 Å². The third kappa shape index (κ3) is 4.55. The molecule has 0 bridgehead atoms. The molecule has 0 radical (unpaired) electrons. The molecule has 9 heteroatoms. The molecule has 3 rings (SSSR count). The molecule has 3 heterocycles. The van der Waals surface area contributed by atoms with E-state index in [9.17, 15) is 13.2 Å². The monoisotopic (exact) mass is 368 g/mol. The zero-order chi connectivity index (χ0) is 17.7.